The summed E-state index contributed by atoms with van der Waals surface area (Å²) in [6, 6.07) is 10.5. The maximum Gasteiger partial charge on any atom is 0.369 e. The monoisotopic (exact) mass is 277 g/mol. The summed E-state index contributed by atoms with van der Waals surface area (Å²) in [5.41, 5.74) is 4.67. The number of aromatic nitrogens is 4. The smallest absolute Gasteiger partial charge is 0.252 e. The summed E-state index contributed by atoms with van der Waals surface area (Å²) in [4.78, 5) is 4.60. The number of fused-ring (bicyclic) bond motifs is 3. The third kappa shape index (κ3) is 1.56. The van der Waals surface area contributed by atoms with Crippen LogP contribution in [0.2, 0.25) is 0 Å². The predicted octanol–water partition coefficient (Wildman–Crippen LogP) is 2.65. The van der Waals surface area contributed by atoms with Gasteiger partial charge in [0, 0.05) is 11.6 Å². The highest BCUT2D eigenvalue weighted by Gasteiger charge is 2.23. The largest absolute Gasteiger partial charge is 0.369 e. The number of imidazole rings is 1. The minimum Gasteiger partial charge on any atom is -0.252 e. The molecule has 0 spiro atoms. The molecule has 0 aliphatic heterocycles. The molecular formula is C17H17N4+. The van der Waals surface area contributed by atoms with E-state index in [-0.39, 0.29) is 0 Å². The molecule has 4 aromatic rings. The van der Waals surface area contributed by atoms with Crippen LogP contribution in [0.1, 0.15) is 5.56 Å². The zero-order valence-corrected chi connectivity index (χ0v) is 12.4. The molecule has 3 aromatic heterocycles. The lowest BCUT2D eigenvalue weighted by Gasteiger charge is -2.04. The van der Waals surface area contributed by atoms with Crippen molar-refractivity contribution in [2.24, 2.45) is 14.1 Å². The third-order valence-corrected chi connectivity index (χ3v) is 4.09. The van der Waals surface area contributed by atoms with Crippen LogP contribution in [0.5, 0.6) is 0 Å². The van der Waals surface area contributed by atoms with Gasteiger partial charge in [-0.25, -0.2) is 9.13 Å². The zero-order valence-electron chi connectivity index (χ0n) is 12.4. The fourth-order valence-corrected chi connectivity index (χ4v) is 3.16. The fraction of sp³-hybridized carbons (Fsp3) is 0.176. The molecule has 1 aromatic carbocycles. The van der Waals surface area contributed by atoms with E-state index in [9.17, 15) is 0 Å². The van der Waals surface area contributed by atoms with E-state index in [1.807, 2.05) is 12.3 Å². The van der Waals surface area contributed by atoms with Crippen LogP contribution in [0.4, 0.5) is 0 Å². The molecule has 0 saturated heterocycles. The normalized spacial score (nSPS) is 11.6. The van der Waals surface area contributed by atoms with Crippen molar-refractivity contribution in [1.29, 1.82) is 0 Å². The van der Waals surface area contributed by atoms with Crippen molar-refractivity contribution >= 4 is 21.9 Å². The summed E-state index contributed by atoms with van der Waals surface area (Å²) in [5, 5.41) is 1.20. The van der Waals surface area contributed by atoms with Gasteiger partial charge in [0.1, 0.15) is 16.6 Å². The van der Waals surface area contributed by atoms with Crippen LogP contribution in [0.3, 0.4) is 0 Å². The highest BCUT2D eigenvalue weighted by atomic mass is 15.3. The summed E-state index contributed by atoms with van der Waals surface area (Å²) >= 11 is 0. The molecule has 21 heavy (non-hydrogen) atoms. The van der Waals surface area contributed by atoms with Gasteiger partial charge in [0.25, 0.3) is 0 Å². The Morgan fingerprint density at radius 2 is 2.00 bits per heavy atom. The average molecular weight is 277 g/mol. The van der Waals surface area contributed by atoms with Crippen LogP contribution < -0.4 is 4.57 Å². The Morgan fingerprint density at radius 1 is 1.14 bits per heavy atom. The highest BCUT2D eigenvalue weighted by Crippen LogP contribution is 2.31. The Hall–Kier alpha value is -2.62. The van der Waals surface area contributed by atoms with Crippen LogP contribution in [0.15, 0.2) is 48.9 Å². The van der Waals surface area contributed by atoms with E-state index in [1.165, 1.54) is 16.5 Å². The first kappa shape index (κ1) is 12.1. The Kier molecular flexibility index (Phi) is 2.42. The molecule has 0 fully saturated rings. The summed E-state index contributed by atoms with van der Waals surface area (Å²) in [5.74, 6) is 1.12. The average Bonchev–Trinajstić information content (AvgIpc) is 2.98. The molecule has 0 aliphatic carbocycles. The second-order valence-electron chi connectivity index (χ2n) is 5.50. The summed E-state index contributed by atoms with van der Waals surface area (Å²) in [6.07, 6.45) is 6.00. The molecule has 104 valence electrons. The van der Waals surface area contributed by atoms with Crippen LogP contribution in [0.25, 0.3) is 27.9 Å². The van der Waals surface area contributed by atoms with Gasteiger partial charge < -0.3 is 0 Å². The number of benzene rings is 1. The number of hydrogen-bond donors (Lipinski definition) is 0. The van der Waals surface area contributed by atoms with Crippen molar-refractivity contribution in [3.63, 3.8) is 0 Å². The molecule has 0 saturated carbocycles. The van der Waals surface area contributed by atoms with Crippen LogP contribution >= 0.6 is 0 Å². The van der Waals surface area contributed by atoms with E-state index in [2.05, 4.69) is 76.4 Å². The van der Waals surface area contributed by atoms with Crippen molar-refractivity contribution in [1.82, 2.24) is 14.1 Å². The van der Waals surface area contributed by atoms with Crippen LogP contribution in [0, 0.1) is 6.92 Å². The lowest BCUT2D eigenvalue weighted by molar-refractivity contribution is -0.664. The number of nitrogens with zero attached hydrogens (tertiary/aromatic N) is 4. The van der Waals surface area contributed by atoms with Gasteiger partial charge >= 0.3 is 5.95 Å². The first-order valence-electron chi connectivity index (χ1n) is 7.04. The molecule has 0 amide bonds. The van der Waals surface area contributed by atoms with E-state index in [4.69, 9.17) is 0 Å². The molecule has 0 N–H and O–H groups in total. The molecule has 0 radical (unpaired) electrons. The van der Waals surface area contributed by atoms with Crippen molar-refractivity contribution in [2.45, 2.75) is 6.92 Å². The molecule has 0 atom stereocenters. The molecular weight excluding hydrogens is 260 g/mol. The predicted molar refractivity (Wildman–Crippen MR) is 83.5 cm³/mol. The quantitative estimate of drug-likeness (QED) is 0.491. The maximum absolute atomic E-state index is 4.60. The first-order valence-corrected chi connectivity index (χ1v) is 7.04. The summed E-state index contributed by atoms with van der Waals surface area (Å²) in [7, 11) is 4.14. The van der Waals surface area contributed by atoms with Gasteiger partial charge in [-0.2, -0.15) is 4.57 Å². The SMILES string of the molecule is Cc1cccc2c3ncccc3n(-c3n(C)cc[n+]3C)c12. The maximum atomic E-state index is 4.60. The van der Waals surface area contributed by atoms with Gasteiger partial charge in [-0.1, -0.05) is 12.1 Å². The van der Waals surface area contributed by atoms with Gasteiger partial charge in [-0.3, -0.25) is 4.98 Å². The van der Waals surface area contributed by atoms with E-state index >= 15 is 0 Å². The van der Waals surface area contributed by atoms with E-state index in [0.717, 1.165) is 17.0 Å². The number of rotatable bonds is 1. The molecule has 4 rings (SSSR count). The number of para-hydroxylation sites is 1. The topological polar surface area (TPSA) is 26.6 Å². The van der Waals surface area contributed by atoms with Crippen molar-refractivity contribution < 1.29 is 4.57 Å². The fourth-order valence-electron chi connectivity index (χ4n) is 3.16. The highest BCUT2D eigenvalue weighted by molar-refractivity contribution is 6.07. The second-order valence-corrected chi connectivity index (χ2v) is 5.50. The van der Waals surface area contributed by atoms with Crippen LogP contribution in [-0.4, -0.2) is 14.1 Å². The molecule has 0 unspecified atom stereocenters. The van der Waals surface area contributed by atoms with Crippen LogP contribution in [-0.2, 0) is 14.1 Å². The van der Waals surface area contributed by atoms with E-state index in [0.29, 0.717) is 0 Å². The Morgan fingerprint density at radius 3 is 2.76 bits per heavy atom. The van der Waals surface area contributed by atoms with Crippen molar-refractivity contribution in [3.8, 4) is 5.95 Å². The van der Waals surface area contributed by atoms with Gasteiger partial charge in [-0.15, -0.1) is 0 Å². The van der Waals surface area contributed by atoms with E-state index in [1.54, 1.807) is 0 Å². The molecule has 4 heteroatoms. The summed E-state index contributed by atoms with van der Waals surface area (Å²) < 4.78 is 6.57. The van der Waals surface area contributed by atoms with Gasteiger partial charge in [0.2, 0.25) is 0 Å². The lowest BCUT2D eigenvalue weighted by atomic mass is 10.1. The zero-order chi connectivity index (χ0) is 14.6. The van der Waals surface area contributed by atoms with E-state index < -0.39 is 0 Å². The Labute approximate surface area is 122 Å². The van der Waals surface area contributed by atoms with Gasteiger partial charge in [0.15, 0.2) is 0 Å². The minimum atomic E-state index is 1.05. The Bertz CT molecular complexity index is 956. The van der Waals surface area contributed by atoms with Gasteiger partial charge in [0.05, 0.1) is 26.5 Å². The number of pyridine rings is 1. The molecule has 0 aliphatic rings. The minimum absolute atomic E-state index is 1.05. The second kappa shape index (κ2) is 4.19. The summed E-state index contributed by atoms with van der Waals surface area (Å²) in [6.45, 7) is 2.15. The van der Waals surface area contributed by atoms with Crippen molar-refractivity contribution in [2.75, 3.05) is 0 Å². The first-order chi connectivity index (χ1) is 10.2. The third-order valence-electron chi connectivity index (χ3n) is 4.09. The van der Waals surface area contributed by atoms with Gasteiger partial charge in [-0.05, 0) is 30.7 Å². The van der Waals surface area contributed by atoms with Crippen molar-refractivity contribution in [3.05, 3.63) is 54.5 Å². The standard InChI is InChI=1S/C17H17N4/c1-12-6-4-7-13-15-14(8-5-9-18-15)21(16(12)13)17-19(2)10-11-20(17)3/h4-11H,1-3H3/q+1. The Balaban J connectivity index is 2.31. The molecule has 4 nitrogen and oxygen atoms in total. The number of aryl methyl sites for hydroxylation is 3. The molecule has 3 heterocycles. The lowest BCUT2D eigenvalue weighted by Crippen LogP contribution is -2.32. The molecule has 0 bridgehead atoms. The number of hydrogen-bond acceptors (Lipinski definition) is 1.